The van der Waals surface area contributed by atoms with Crippen LogP contribution in [0.1, 0.15) is 49.3 Å². The van der Waals surface area contributed by atoms with Gasteiger partial charge in [0.15, 0.2) is 0 Å². The molecule has 3 heteroatoms. The Labute approximate surface area is 121 Å². The molecule has 0 saturated heterocycles. The molecular formula is C17H25NO2. The lowest BCUT2D eigenvalue weighted by Crippen LogP contribution is -2.30. The number of aryl methyl sites for hydroxylation is 1. The third-order valence-corrected chi connectivity index (χ3v) is 4.68. The fraction of sp³-hybridized carbons (Fsp3) is 0.647. The Kier molecular flexibility index (Phi) is 4.27. The number of ether oxygens (including phenoxy) is 1. The average molecular weight is 275 g/mol. The molecule has 110 valence electrons. The van der Waals surface area contributed by atoms with E-state index in [0.717, 1.165) is 51.0 Å². The molecule has 0 aromatic heterocycles. The summed E-state index contributed by atoms with van der Waals surface area (Å²) >= 11 is 0. The molecule has 3 unspecified atom stereocenters. The molecule has 1 aliphatic carbocycles. The van der Waals surface area contributed by atoms with Crippen molar-refractivity contribution < 1.29 is 9.84 Å². The SMILES string of the molecule is Cc1ccc2c(c1)C(NCC1CCCC1O)CCCO2. The second-order valence-electron chi connectivity index (χ2n) is 6.25. The van der Waals surface area contributed by atoms with Crippen molar-refractivity contribution in [1.82, 2.24) is 5.32 Å². The Morgan fingerprint density at radius 1 is 1.25 bits per heavy atom. The van der Waals surface area contributed by atoms with Crippen molar-refractivity contribution in [1.29, 1.82) is 0 Å². The first kappa shape index (κ1) is 13.9. The number of aliphatic hydroxyl groups is 1. The lowest BCUT2D eigenvalue weighted by atomic mass is 9.98. The van der Waals surface area contributed by atoms with Gasteiger partial charge in [-0.25, -0.2) is 0 Å². The molecule has 3 atom stereocenters. The number of hydrogen-bond acceptors (Lipinski definition) is 3. The van der Waals surface area contributed by atoms with Crippen LogP contribution in [0.15, 0.2) is 18.2 Å². The zero-order valence-corrected chi connectivity index (χ0v) is 12.3. The van der Waals surface area contributed by atoms with Gasteiger partial charge in [-0.1, -0.05) is 24.1 Å². The Hall–Kier alpha value is -1.06. The van der Waals surface area contributed by atoms with Gasteiger partial charge in [0.25, 0.3) is 0 Å². The van der Waals surface area contributed by atoms with E-state index in [2.05, 4.69) is 30.4 Å². The Bertz CT molecular complexity index is 460. The number of benzene rings is 1. The number of fused-ring (bicyclic) bond motifs is 1. The van der Waals surface area contributed by atoms with Crippen molar-refractivity contribution in [2.24, 2.45) is 5.92 Å². The quantitative estimate of drug-likeness (QED) is 0.891. The molecule has 0 spiro atoms. The smallest absolute Gasteiger partial charge is 0.124 e. The van der Waals surface area contributed by atoms with E-state index >= 15 is 0 Å². The van der Waals surface area contributed by atoms with Crippen LogP contribution in [0.25, 0.3) is 0 Å². The summed E-state index contributed by atoms with van der Waals surface area (Å²) in [6.45, 7) is 3.85. The summed E-state index contributed by atoms with van der Waals surface area (Å²) in [4.78, 5) is 0. The topological polar surface area (TPSA) is 41.5 Å². The highest BCUT2D eigenvalue weighted by Crippen LogP contribution is 2.33. The molecule has 1 fully saturated rings. The standard InChI is InChI=1S/C17H25NO2/c1-12-7-8-17-14(10-12)15(5-3-9-20-17)18-11-13-4-2-6-16(13)19/h7-8,10,13,15-16,18-19H,2-6,9,11H2,1H3. The van der Waals surface area contributed by atoms with Crippen LogP contribution in [0.3, 0.4) is 0 Å². The van der Waals surface area contributed by atoms with Gasteiger partial charge in [0.1, 0.15) is 5.75 Å². The van der Waals surface area contributed by atoms with Crippen molar-refractivity contribution >= 4 is 0 Å². The van der Waals surface area contributed by atoms with Crippen LogP contribution in [0.4, 0.5) is 0 Å². The first-order valence-electron chi connectivity index (χ1n) is 7.89. The Morgan fingerprint density at radius 2 is 2.15 bits per heavy atom. The van der Waals surface area contributed by atoms with E-state index in [9.17, 15) is 5.11 Å². The van der Waals surface area contributed by atoms with E-state index in [4.69, 9.17) is 4.74 Å². The van der Waals surface area contributed by atoms with Gasteiger partial charge in [-0.15, -0.1) is 0 Å². The van der Waals surface area contributed by atoms with Crippen LogP contribution in [0.5, 0.6) is 5.75 Å². The van der Waals surface area contributed by atoms with Gasteiger partial charge in [-0.3, -0.25) is 0 Å². The molecule has 0 radical (unpaired) electrons. The molecule has 1 aromatic carbocycles. The average Bonchev–Trinajstić information content (AvgIpc) is 2.74. The highest BCUT2D eigenvalue weighted by Gasteiger charge is 2.27. The van der Waals surface area contributed by atoms with Crippen LogP contribution < -0.4 is 10.1 Å². The number of nitrogens with one attached hydrogen (secondary N) is 1. The minimum Gasteiger partial charge on any atom is -0.493 e. The minimum atomic E-state index is -0.110. The van der Waals surface area contributed by atoms with Gasteiger partial charge >= 0.3 is 0 Å². The molecule has 1 aliphatic heterocycles. The lowest BCUT2D eigenvalue weighted by Gasteiger charge is -2.22. The molecule has 0 bridgehead atoms. The molecule has 2 aliphatic rings. The summed E-state index contributed by atoms with van der Waals surface area (Å²) in [6, 6.07) is 6.81. The van der Waals surface area contributed by atoms with E-state index < -0.39 is 0 Å². The van der Waals surface area contributed by atoms with E-state index in [1.165, 1.54) is 11.1 Å². The predicted molar refractivity (Wildman–Crippen MR) is 80.0 cm³/mol. The fourth-order valence-electron chi connectivity index (χ4n) is 3.46. The monoisotopic (exact) mass is 275 g/mol. The third-order valence-electron chi connectivity index (χ3n) is 4.68. The van der Waals surface area contributed by atoms with Gasteiger partial charge in [-0.05, 0) is 44.6 Å². The molecule has 1 aromatic rings. The van der Waals surface area contributed by atoms with Gasteiger partial charge in [0, 0.05) is 18.2 Å². The molecule has 2 N–H and O–H groups in total. The first-order valence-corrected chi connectivity index (χ1v) is 7.89. The van der Waals surface area contributed by atoms with Crippen molar-refractivity contribution in [2.75, 3.05) is 13.2 Å². The van der Waals surface area contributed by atoms with Crippen LogP contribution >= 0.6 is 0 Å². The van der Waals surface area contributed by atoms with E-state index in [0.29, 0.717) is 12.0 Å². The predicted octanol–water partition coefficient (Wildman–Crippen LogP) is 2.96. The van der Waals surface area contributed by atoms with Gasteiger partial charge in [0.2, 0.25) is 0 Å². The molecule has 20 heavy (non-hydrogen) atoms. The second kappa shape index (κ2) is 6.15. The highest BCUT2D eigenvalue weighted by molar-refractivity contribution is 5.39. The fourth-order valence-corrected chi connectivity index (χ4v) is 3.46. The maximum Gasteiger partial charge on any atom is 0.124 e. The summed E-state index contributed by atoms with van der Waals surface area (Å²) in [5.74, 6) is 1.45. The maximum absolute atomic E-state index is 9.95. The summed E-state index contributed by atoms with van der Waals surface area (Å²) < 4.78 is 5.84. The number of hydrogen-bond donors (Lipinski definition) is 2. The summed E-state index contributed by atoms with van der Waals surface area (Å²) in [6.07, 6.45) is 5.37. The van der Waals surface area contributed by atoms with Gasteiger partial charge < -0.3 is 15.2 Å². The maximum atomic E-state index is 9.95. The lowest BCUT2D eigenvalue weighted by molar-refractivity contribution is 0.129. The van der Waals surface area contributed by atoms with Crippen molar-refractivity contribution in [3.63, 3.8) is 0 Å². The van der Waals surface area contributed by atoms with Crippen molar-refractivity contribution in [2.45, 2.75) is 51.2 Å². The van der Waals surface area contributed by atoms with Crippen molar-refractivity contribution in [3.05, 3.63) is 29.3 Å². The first-order chi connectivity index (χ1) is 9.74. The summed E-state index contributed by atoms with van der Waals surface area (Å²) in [5, 5.41) is 13.6. The van der Waals surface area contributed by atoms with E-state index in [1.54, 1.807) is 0 Å². The van der Waals surface area contributed by atoms with Gasteiger partial charge in [0.05, 0.1) is 12.7 Å². The Morgan fingerprint density at radius 3 is 2.95 bits per heavy atom. The van der Waals surface area contributed by atoms with Crippen LogP contribution in [-0.4, -0.2) is 24.4 Å². The molecule has 1 saturated carbocycles. The molecule has 1 heterocycles. The zero-order valence-electron chi connectivity index (χ0n) is 12.3. The van der Waals surface area contributed by atoms with Gasteiger partial charge in [-0.2, -0.15) is 0 Å². The number of aliphatic hydroxyl groups excluding tert-OH is 1. The summed E-state index contributed by atoms with van der Waals surface area (Å²) in [7, 11) is 0. The third kappa shape index (κ3) is 2.99. The summed E-state index contributed by atoms with van der Waals surface area (Å²) in [5.41, 5.74) is 2.57. The van der Waals surface area contributed by atoms with E-state index in [1.807, 2.05) is 0 Å². The molecule has 3 nitrogen and oxygen atoms in total. The van der Waals surface area contributed by atoms with Crippen LogP contribution in [-0.2, 0) is 0 Å². The molecular weight excluding hydrogens is 250 g/mol. The molecule has 3 rings (SSSR count). The van der Waals surface area contributed by atoms with Crippen LogP contribution in [0, 0.1) is 12.8 Å². The van der Waals surface area contributed by atoms with Crippen molar-refractivity contribution in [3.8, 4) is 5.75 Å². The normalized spacial score (nSPS) is 29.6. The second-order valence-corrected chi connectivity index (χ2v) is 6.25. The zero-order chi connectivity index (χ0) is 13.9. The highest BCUT2D eigenvalue weighted by atomic mass is 16.5. The Balaban J connectivity index is 1.71. The minimum absolute atomic E-state index is 0.110. The number of rotatable bonds is 3. The largest absolute Gasteiger partial charge is 0.493 e. The van der Waals surface area contributed by atoms with E-state index in [-0.39, 0.29) is 6.10 Å². The van der Waals surface area contributed by atoms with Crippen LogP contribution in [0.2, 0.25) is 0 Å². The molecule has 0 amide bonds.